The SMILES string of the molecule is N#Cc1cc(N(CCO)CC(F)(F)F)ccc1N. The van der Waals surface area contributed by atoms with Gasteiger partial charge in [0, 0.05) is 17.9 Å². The normalized spacial score (nSPS) is 11.1. The van der Waals surface area contributed by atoms with Crippen LogP contribution in [0.4, 0.5) is 24.5 Å². The molecule has 4 nitrogen and oxygen atoms in total. The summed E-state index contributed by atoms with van der Waals surface area (Å²) in [5, 5.41) is 17.5. The molecule has 98 valence electrons. The van der Waals surface area contributed by atoms with E-state index in [2.05, 4.69) is 0 Å². The zero-order valence-electron chi connectivity index (χ0n) is 9.41. The van der Waals surface area contributed by atoms with Crippen molar-refractivity contribution in [2.45, 2.75) is 6.18 Å². The van der Waals surface area contributed by atoms with E-state index in [4.69, 9.17) is 16.1 Å². The average Bonchev–Trinajstić information content (AvgIpc) is 2.27. The Balaban J connectivity index is 3.03. The molecule has 0 bridgehead atoms. The largest absolute Gasteiger partial charge is 0.405 e. The van der Waals surface area contributed by atoms with E-state index in [1.807, 2.05) is 0 Å². The molecule has 0 saturated heterocycles. The number of halogens is 3. The Morgan fingerprint density at radius 2 is 2.06 bits per heavy atom. The molecular weight excluding hydrogens is 247 g/mol. The Hall–Kier alpha value is -1.94. The summed E-state index contributed by atoms with van der Waals surface area (Å²) < 4.78 is 37.1. The van der Waals surface area contributed by atoms with Crippen LogP contribution in [-0.2, 0) is 0 Å². The number of hydrogen-bond acceptors (Lipinski definition) is 4. The minimum absolute atomic E-state index is 0.109. The van der Waals surface area contributed by atoms with Gasteiger partial charge in [0.25, 0.3) is 0 Å². The van der Waals surface area contributed by atoms with E-state index in [1.54, 1.807) is 6.07 Å². The van der Waals surface area contributed by atoms with Gasteiger partial charge in [-0.25, -0.2) is 0 Å². The van der Waals surface area contributed by atoms with E-state index in [-0.39, 0.29) is 23.5 Å². The monoisotopic (exact) mass is 259 g/mol. The minimum atomic E-state index is -4.39. The molecular formula is C11H12F3N3O. The summed E-state index contributed by atoms with van der Waals surface area (Å²) in [4.78, 5) is 0.945. The highest BCUT2D eigenvalue weighted by Crippen LogP contribution is 2.24. The van der Waals surface area contributed by atoms with Gasteiger partial charge in [0.1, 0.15) is 12.6 Å². The number of benzene rings is 1. The minimum Gasteiger partial charge on any atom is -0.398 e. The molecule has 0 fully saturated rings. The molecule has 1 aromatic rings. The Morgan fingerprint density at radius 3 is 2.56 bits per heavy atom. The number of nitriles is 1. The molecule has 0 heterocycles. The van der Waals surface area contributed by atoms with Crippen LogP contribution in [0.1, 0.15) is 5.56 Å². The van der Waals surface area contributed by atoms with Crippen molar-refractivity contribution >= 4 is 11.4 Å². The van der Waals surface area contributed by atoms with Gasteiger partial charge in [-0.1, -0.05) is 0 Å². The molecule has 18 heavy (non-hydrogen) atoms. The van der Waals surface area contributed by atoms with Gasteiger partial charge in [0.2, 0.25) is 0 Å². The summed E-state index contributed by atoms with van der Waals surface area (Å²) in [5.74, 6) is 0. The van der Waals surface area contributed by atoms with Crippen LogP contribution in [0.5, 0.6) is 0 Å². The number of aliphatic hydroxyl groups excluding tert-OH is 1. The highest BCUT2D eigenvalue weighted by atomic mass is 19.4. The summed E-state index contributed by atoms with van der Waals surface area (Å²) in [6.45, 7) is -1.78. The smallest absolute Gasteiger partial charge is 0.398 e. The topological polar surface area (TPSA) is 73.3 Å². The molecule has 0 aliphatic rings. The lowest BCUT2D eigenvalue weighted by Crippen LogP contribution is -2.36. The summed E-state index contributed by atoms with van der Waals surface area (Å²) >= 11 is 0. The molecule has 0 amide bonds. The third-order valence-corrected chi connectivity index (χ3v) is 2.26. The van der Waals surface area contributed by atoms with Crippen molar-refractivity contribution in [3.8, 4) is 6.07 Å². The van der Waals surface area contributed by atoms with Crippen LogP contribution >= 0.6 is 0 Å². The van der Waals surface area contributed by atoms with Crippen molar-refractivity contribution in [2.24, 2.45) is 0 Å². The maximum Gasteiger partial charge on any atom is 0.405 e. The molecule has 0 aliphatic heterocycles. The van der Waals surface area contributed by atoms with Crippen molar-refractivity contribution in [3.05, 3.63) is 23.8 Å². The van der Waals surface area contributed by atoms with Crippen LogP contribution in [0.15, 0.2) is 18.2 Å². The predicted octanol–water partition coefficient (Wildman–Crippen LogP) is 1.50. The lowest BCUT2D eigenvalue weighted by Gasteiger charge is -2.25. The number of anilines is 2. The summed E-state index contributed by atoms with van der Waals surface area (Å²) in [6, 6.07) is 5.83. The molecule has 1 rings (SSSR count). The lowest BCUT2D eigenvalue weighted by molar-refractivity contribution is -0.119. The number of aliphatic hydroxyl groups is 1. The van der Waals surface area contributed by atoms with Gasteiger partial charge in [-0.3, -0.25) is 0 Å². The summed E-state index contributed by atoms with van der Waals surface area (Å²) in [6.07, 6.45) is -4.39. The zero-order valence-corrected chi connectivity index (χ0v) is 9.41. The van der Waals surface area contributed by atoms with E-state index in [9.17, 15) is 13.2 Å². The maximum atomic E-state index is 12.4. The van der Waals surface area contributed by atoms with Crippen molar-refractivity contribution < 1.29 is 18.3 Å². The second kappa shape index (κ2) is 5.60. The van der Waals surface area contributed by atoms with E-state index >= 15 is 0 Å². The van der Waals surface area contributed by atoms with Gasteiger partial charge in [-0.05, 0) is 18.2 Å². The second-order valence-electron chi connectivity index (χ2n) is 3.64. The van der Waals surface area contributed by atoms with Gasteiger partial charge in [-0.15, -0.1) is 0 Å². The molecule has 0 atom stereocenters. The molecule has 7 heteroatoms. The highest BCUT2D eigenvalue weighted by Gasteiger charge is 2.30. The zero-order chi connectivity index (χ0) is 13.8. The lowest BCUT2D eigenvalue weighted by atomic mass is 10.1. The molecule has 0 unspecified atom stereocenters. The van der Waals surface area contributed by atoms with Crippen molar-refractivity contribution in [1.29, 1.82) is 5.26 Å². The number of rotatable bonds is 4. The highest BCUT2D eigenvalue weighted by molar-refractivity contribution is 5.62. The van der Waals surface area contributed by atoms with Gasteiger partial charge in [-0.2, -0.15) is 18.4 Å². The number of alkyl halides is 3. The molecule has 0 spiro atoms. The van der Waals surface area contributed by atoms with Crippen molar-refractivity contribution in [1.82, 2.24) is 0 Å². The molecule has 3 N–H and O–H groups in total. The Kier molecular flexibility index (Phi) is 4.39. The fraction of sp³-hybridized carbons (Fsp3) is 0.364. The van der Waals surface area contributed by atoms with Crippen LogP contribution in [0.25, 0.3) is 0 Å². The first-order valence-electron chi connectivity index (χ1n) is 5.09. The van der Waals surface area contributed by atoms with E-state index in [0.717, 1.165) is 4.90 Å². The van der Waals surface area contributed by atoms with E-state index < -0.39 is 19.3 Å². The molecule has 1 aromatic carbocycles. The first-order valence-corrected chi connectivity index (χ1v) is 5.09. The molecule has 0 aromatic heterocycles. The van der Waals surface area contributed by atoms with Crippen LogP contribution in [0.2, 0.25) is 0 Å². The van der Waals surface area contributed by atoms with Gasteiger partial charge in [0.05, 0.1) is 12.2 Å². The van der Waals surface area contributed by atoms with Crippen molar-refractivity contribution in [2.75, 3.05) is 30.3 Å². The number of hydrogen-bond donors (Lipinski definition) is 2. The standard InChI is InChI=1S/C11H12F3N3O/c12-11(13,14)7-17(3-4-18)9-1-2-10(16)8(5-9)6-15/h1-2,5,18H,3-4,7,16H2. The van der Waals surface area contributed by atoms with E-state index in [0.29, 0.717) is 0 Å². The fourth-order valence-electron chi connectivity index (χ4n) is 1.47. The first-order chi connectivity index (χ1) is 8.37. The third-order valence-electron chi connectivity index (χ3n) is 2.26. The Labute approximate surface area is 102 Å². The van der Waals surface area contributed by atoms with Gasteiger partial charge >= 0.3 is 6.18 Å². The maximum absolute atomic E-state index is 12.4. The van der Waals surface area contributed by atoms with Gasteiger partial charge < -0.3 is 15.7 Å². The third kappa shape index (κ3) is 3.82. The molecule has 0 aliphatic carbocycles. The number of nitrogens with zero attached hydrogens (tertiary/aromatic N) is 2. The Morgan fingerprint density at radius 1 is 1.39 bits per heavy atom. The number of nitrogens with two attached hydrogens (primary N) is 1. The first kappa shape index (κ1) is 14.1. The van der Waals surface area contributed by atoms with Crippen LogP contribution in [0, 0.1) is 11.3 Å². The number of nitrogen functional groups attached to an aromatic ring is 1. The van der Waals surface area contributed by atoms with Crippen LogP contribution in [0.3, 0.4) is 0 Å². The Bertz CT molecular complexity index is 454. The average molecular weight is 259 g/mol. The fourth-order valence-corrected chi connectivity index (χ4v) is 1.47. The molecule has 0 radical (unpaired) electrons. The summed E-state index contributed by atoms with van der Waals surface area (Å²) in [5.41, 5.74) is 6.00. The van der Waals surface area contributed by atoms with Crippen LogP contribution in [-0.4, -0.2) is 31.0 Å². The predicted molar refractivity (Wildman–Crippen MR) is 60.9 cm³/mol. The second-order valence-corrected chi connectivity index (χ2v) is 3.64. The van der Waals surface area contributed by atoms with E-state index in [1.165, 1.54) is 18.2 Å². The summed E-state index contributed by atoms with van der Waals surface area (Å²) in [7, 11) is 0. The quantitative estimate of drug-likeness (QED) is 0.804. The van der Waals surface area contributed by atoms with Gasteiger partial charge in [0.15, 0.2) is 0 Å². The van der Waals surface area contributed by atoms with Crippen LogP contribution < -0.4 is 10.6 Å². The molecule has 0 saturated carbocycles. The van der Waals surface area contributed by atoms with Crippen molar-refractivity contribution in [3.63, 3.8) is 0 Å².